The molecular weight excluding hydrogens is 503 g/mol. The van der Waals surface area contributed by atoms with E-state index in [4.69, 9.17) is 42.1 Å². The van der Waals surface area contributed by atoms with Gasteiger partial charge in [-0.05, 0) is 36.4 Å². The van der Waals surface area contributed by atoms with E-state index in [-0.39, 0.29) is 21.5 Å². The molecule has 0 atom stereocenters. The first-order valence-corrected chi connectivity index (χ1v) is 11.5. The van der Waals surface area contributed by atoms with Gasteiger partial charge < -0.3 is 18.9 Å². The van der Waals surface area contributed by atoms with Gasteiger partial charge in [0.2, 0.25) is 0 Å². The van der Waals surface area contributed by atoms with Gasteiger partial charge in [-0.2, -0.15) is 0 Å². The molecule has 0 radical (unpaired) electrons. The zero-order chi connectivity index (χ0) is 25.1. The molecule has 0 amide bonds. The fourth-order valence-electron chi connectivity index (χ4n) is 3.75. The van der Waals surface area contributed by atoms with Crippen molar-refractivity contribution >= 4 is 57.1 Å². The first-order valence-electron chi connectivity index (χ1n) is 10.7. The van der Waals surface area contributed by atoms with Gasteiger partial charge in [0.25, 0.3) is 0 Å². The highest BCUT2D eigenvalue weighted by Crippen LogP contribution is 2.48. The second-order valence-electron chi connectivity index (χ2n) is 7.52. The Morgan fingerprint density at radius 2 is 0.889 bits per heavy atom. The van der Waals surface area contributed by atoms with E-state index in [9.17, 15) is 9.59 Å². The van der Waals surface area contributed by atoms with E-state index < -0.39 is 12.3 Å². The monoisotopic (exact) mass is 518 g/mol. The number of benzene rings is 5. The van der Waals surface area contributed by atoms with E-state index >= 15 is 0 Å². The van der Waals surface area contributed by atoms with Crippen LogP contribution < -0.4 is 18.9 Å². The third-order valence-electron chi connectivity index (χ3n) is 5.23. The molecule has 0 bridgehead atoms. The normalized spacial score (nSPS) is 10.7. The van der Waals surface area contributed by atoms with Crippen LogP contribution in [-0.2, 0) is 0 Å². The van der Waals surface area contributed by atoms with E-state index in [1.165, 1.54) is 0 Å². The molecule has 5 aromatic rings. The molecule has 0 N–H and O–H groups in total. The number of ether oxygens (including phenoxy) is 4. The number of halogens is 2. The smallest absolute Gasteiger partial charge is 0.395 e. The zero-order valence-electron chi connectivity index (χ0n) is 18.4. The summed E-state index contributed by atoms with van der Waals surface area (Å²) >= 11 is 13.1. The van der Waals surface area contributed by atoms with Crippen LogP contribution in [0, 0.1) is 0 Å². The van der Waals surface area contributed by atoms with Crippen molar-refractivity contribution in [1.29, 1.82) is 0 Å². The van der Waals surface area contributed by atoms with Crippen LogP contribution in [0.3, 0.4) is 0 Å². The Bertz CT molecular complexity index is 1520. The second kappa shape index (κ2) is 10.2. The summed E-state index contributed by atoms with van der Waals surface area (Å²) in [5, 5.41) is 1.94. The highest BCUT2D eigenvalue weighted by atomic mass is 35.5. The van der Waals surface area contributed by atoms with Gasteiger partial charge in [-0.25, -0.2) is 9.59 Å². The van der Waals surface area contributed by atoms with Crippen molar-refractivity contribution in [1.82, 2.24) is 0 Å². The molecule has 0 spiro atoms. The summed E-state index contributed by atoms with van der Waals surface area (Å²) in [5.74, 6) is 0.836. The number of rotatable bonds is 4. The van der Waals surface area contributed by atoms with Gasteiger partial charge in [0.15, 0.2) is 11.5 Å². The van der Waals surface area contributed by atoms with Crippen molar-refractivity contribution in [2.45, 2.75) is 0 Å². The van der Waals surface area contributed by atoms with Gasteiger partial charge >= 0.3 is 12.3 Å². The largest absolute Gasteiger partial charge is 0.519 e. The maximum Gasteiger partial charge on any atom is 0.519 e. The minimum Gasteiger partial charge on any atom is -0.395 e. The van der Waals surface area contributed by atoms with Crippen molar-refractivity contribution in [3.8, 4) is 23.0 Å². The molecule has 0 aliphatic rings. The lowest BCUT2D eigenvalue weighted by Gasteiger charge is -2.17. The van der Waals surface area contributed by atoms with E-state index in [0.717, 1.165) is 0 Å². The highest BCUT2D eigenvalue weighted by Gasteiger charge is 2.24. The minimum atomic E-state index is -0.985. The summed E-state index contributed by atoms with van der Waals surface area (Å²) in [4.78, 5) is 25.4. The maximum absolute atomic E-state index is 12.7. The van der Waals surface area contributed by atoms with Gasteiger partial charge in [0, 0.05) is 21.5 Å². The van der Waals surface area contributed by atoms with Crippen molar-refractivity contribution in [3.05, 3.63) is 107 Å². The molecule has 0 fully saturated rings. The molecule has 0 saturated heterocycles. The predicted molar refractivity (Wildman–Crippen MR) is 138 cm³/mol. The van der Waals surface area contributed by atoms with Crippen LogP contribution in [0.5, 0.6) is 23.0 Å². The third kappa shape index (κ3) is 4.77. The molecule has 0 heterocycles. The molecule has 0 saturated carbocycles. The first-order chi connectivity index (χ1) is 17.5. The summed E-state index contributed by atoms with van der Waals surface area (Å²) in [6, 6.07) is 27.0. The molecule has 0 aliphatic heterocycles. The van der Waals surface area contributed by atoms with E-state index in [2.05, 4.69) is 0 Å². The lowest BCUT2D eigenvalue weighted by molar-refractivity contribution is 0.151. The van der Waals surface area contributed by atoms with Gasteiger partial charge in [-0.15, -0.1) is 0 Å². The van der Waals surface area contributed by atoms with Crippen LogP contribution in [0.4, 0.5) is 9.59 Å². The lowest BCUT2D eigenvalue weighted by Crippen LogP contribution is -2.16. The molecular formula is C28H16Cl2O6. The SMILES string of the molecule is O=C(Oc1ccccc1)Oc1c2cccc(Cl)c2c(OC(=O)Oc2ccccc2)c2c(Cl)cccc12. The lowest BCUT2D eigenvalue weighted by atomic mass is 10.0. The maximum atomic E-state index is 12.7. The molecule has 0 unspecified atom stereocenters. The minimum absolute atomic E-state index is 0.0703. The summed E-state index contributed by atoms with van der Waals surface area (Å²) in [5.41, 5.74) is 0. The number of hydrogen-bond donors (Lipinski definition) is 0. The number of fused-ring (bicyclic) bond motifs is 2. The van der Waals surface area contributed by atoms with Crippen molar-refractivity contribution in [3.63, 3.8) is 0 Å². The number of carbonyl (C=O) groups is 2. The molecule has 5 aromatic carbocycles. The molecule has 0 aliphatic carbocycles. The van der Waals surface area contributed by atoms with Crippen molar-refractivity contribution < 1.29 is 28.5 Å². The summed E-state index contributed by atoms with van der Waals surface area (Å²) < 4.78 is 21.9. The summed E-state index contributed by atoms with van der Waals surface area (Å²) in [6.45, 7) is 0. The van der Waals surface area contributed by atoms with Gasteiger partial charge in [0.1, 0.15) is 11.5 Å². The Kier molecular flexibility index (Phi) is 6.62. The fraction of sp³-hybridized carbons (Fsp3) is 0. The van der Waals surface area contributed by atoms with Crippen LogP contribution in [0.25, 0.3) is 21.5 Å². The average Bonchev–Trinajstić information content (AvgIpc) is 2.87. The zero-order valence-corrected chi connectivity index (χ0v) is 20.0. The summed E-state index contributed by atoms with van der Waals surface area (Å²) in [6.07, 6.45) is -1.94. The van der Waals surface area contributed by atoms with Crippen LogP contribution in [0.2, 0.25) is 10.0 Å². The van der Waals surface area contributed by atoms with E-state index in [1.54, 1.807) is 97.1 Å². The Labute approximate surface area is 215 Å². The van der Waals surface area contributed by atoms with Crippen molar-refractivity contribution in [2.24, 2.45) is 0 Å². The summed E-state index contributed by atoms with van der Waals surface area (Å²) in [7, 11) is 0. The standard InChI is InChI=1S/C28H16Cl2O6/c29-21-15-7-13-19-23(21)26(36-28(32)34-18-11-5-2-6-12-18)24-20(14-8-16-22(24)30)25(19)35-27(31)33-17-9-3-1-4-10-17/h1-16H. The first kappa shape index (κ1) is 23.5. The molecule has 0 aromatic heterocycles. The fourth-order valence-corrected chi connectivity index (χ4v) is 4.27. The van der Waals surface area contributed by atoms with Crippen LogP contribution in [0.15, 0.2) is 97.1 Å². The quantitative estimate of drug-likeness (QED) is 0.135. The molecule has 6 nitrogen and oxygen atoms in total. The third-order valence-corrected chi connectivity index (χ3v) is 5.86. The molecule has 5 rings (SSSR count). The van der Waals surface area contributed by atoms with Crippen molar-refractivity contribution in [2.75, 3.05) is 0 Å². The van der Waals surface area contributed by atoms with E-state index in [1.807, 2.05) is 0 Å². The molecule has 8 heteroatoms. The van der Waals surface area contributed by atoms with Crippen LogP contribution in [0.1, 0.15) is 0 Å². The predicted octanol–water partition coefficient (Wildman–Crippen LogP) is 8.46. The number of para-hydroxylation sites is 2. The van der Waals surface area contributed by atoms with Crippen LogP contribution in [-0.4, -0.2) is 12.3 Å². The molecule has 36 heavy (non-hydrogen) atoms. The Morgan fingerprint density at radius 3 is 1.33 bits per heavy atom. The van der Waals surface area contributed by atoms with Crippen LogP contribution >= 0.6 is 23.2 Å². The topological polar surface area (TPSA) is 71.1 Å². The Hall–Kier alpha value is -4.26. The Balaban J connectivity index is 1.62. The van der Waals surface area contributed by atoms with E-state index in [0.29, 0.717) is 33.0 Å². The van der Waals surface area contributed by atoms with Gasteiger partial charge in [-0.3, -0.25) is 0 Å². The number of hydrogen-bond acceptors (Lipinski definition) is 6. The molecule has 178 valence electrons. The second-order valence-corrected chi connectivity index (χ2v) is 8.33. The average molecular weight is 519 g/mol. The van der Waals surface area contributed by atoms with Gasteiger partial charge in [0.05, 0.1) is 10.0 Å². The Morgan fingerprint density at radius 1 is 0.472 bits per heavy atom. The number of carbonyl (C=O) groups excluding carboxylic acids is 2. The highest BCUT2D eigenvalue weighted by molar-refractivity contribution is 6.40. The van der Waals surface area contributed by atoms with Gasteiger partial charge in [-0.1, -0.05) is 83.9 Å².